The zero-order valence-corrected chi connectivity index (χ0v) is 13.0. The van der Waals surface area contributed by atoms with Gasteiger partial charge in [0.15, 0.2) is 0 Å². The molecule has 0 aromatic carbocycles. The van der Waals surface area contributed by atoms with Crippen LogP contribution in [0.1, 0.15) is 24.8 Å². The van der Waals surface area contributed by atoms with Crippen LogP contribution in [-0.4, -0.2) is 38.3 Å². The van der Waals surface area contributed by atoms with Gasteiger partial charge in [-0.15, -0.1) is 0 Å². The first-order chi connectivity index (χ1) is 10.1. The van der Waals surface area contributed by atoms with Crippen molar-refractivity contribution in [3.05, 3.63) is 30.1 Å². The predicted molar refractivity (Wildman–Crippen MR) is 82.4 cm³/mol. The van der Waals surface area contributed by atoms with Gasteiger partial charge in [-0.25, -0.2) is 13.1 Å². The van der Waals surface area contributed by atoms with E-state index in [9.17, 15) is 8.42 Å². The van der Waals surface area contributed by atoms with Gasteiger partial charge in [0.1, 0.15) is 0 Å². The Bertz CT molecular complexity index is 562. The topological polar surface area (TPSA) is 71.1 Å². The molecule has 2 N–H and O–H groups in total. The minimum atomic E-state index is -3.20. The molecule has 2 fully saturated rings. The van der Waals surface area contributed by atoms with E-state index in [1.807, 2.05) is 12.1 Å². The highest BCUT2D eigenvalue weighted by atomic mass is 32.2. The lowest BCUT2D eigenvalue weighted by Crippen LogP contribution is -2.41. The van der Waals surface area contributed by atoms with Crippen LogP contribution in [0.2, 0.25) is 0 Å². The molecule has 1 aromatic heterocycles. The molecule has 3 atom stereocenters. The van der Waals surface area contributed by atoms with Gasteiger partial charge in [-0.1, -0.05) is 0 Å². The molecule has 3 rings (SSSR count). The number of sulfonamides is 1. The summed E-state index contributed by atoms with van der Waals surface area (Å²) in [5.41, 5.74) is 1.01. The fourth-order valence-corrected chi connectivity index (χ4v) is 4.87. The maximum Gasteiger partial charge on any atom is 0.212 e. The lowest BCUT2D eigenvalue weighted by Gasteiger charge is -2.31. The molecule has 1 aliphatic heterocycles. The lowest BCUT2D eigenvalue weighted by molar-refractivity contribution is 0.260. The van der Waals surface area contributed by atoms with E-state index in [1.54, 1.807) is 12.4 Å². The van der Waals surface area contributed by atoms with Crippen LogP contribution in [-0.2, 0) is 16.4 Å². The maximum absolute atomic E-state index is 12.2. The normalized spacial score (nSPS) is 29.2. The molecule has 1 unspecified atom stereocenters. The monoisotopic (exact) mass is 309 g/mol. The smallest absolute Gasteiger partial charge is 0.212 e. The second-order valence-electron chi connectivity index (χ2n) is 6.23. The van der Waals surface area contributed by atoms with Crippen LogP contribution in [0.5, 0.6) is 0 Å². The summed E-state index contributed by atoms with van der Waals surface area (Å²) in [5.74, 6) is 1.55. The average Bonchev–Trinajstić information content (AvgIpc) is 2.93. The van der Waals surface area contributed by atoms with E-state index in [-0.39, 0.29) is 11.8 Å². The van der Waals surface area contributed by atoms with Crippen LogP contribution in [0, 0.1) is 11.8 Å². The van der Waals surface area contributed by atoms with E-state index in [0.29, 0.717) is 12.3 Å². The predicted octanol–water partition coefficient (Wildman–Crippen LogP) is 0.932. The molecule has 2 heterocycles. The van der Waals surface area contributed by atoms with E-state index >= 15 is 0 Å². The van der Waals surface area contributed by atoms with Gasteiger partial charge >= 0.3 is 0 Å². The van der Waals surface area contributed by atoms with E-state index < -0.39 is 10.0 Å². The number of pyridine rings is 1. The summed E-state index contributed by atoms with van der Waals surface area (Å²) >= 11 is 0. The van der Waals surface area contributed by atoms with E-state index in [4.69, 9.17) is 0 Å². The van der Waals surface area contributed by atoms with Crippen molar-refractivity contribution in [1.29, 1.82) is 0 Å². The minimum Gasteiger partial charge on any atom is -0.316 e. The summed E-state index contributed by atoms with van der Waals surface area (Å²) in [6.07, 6.45) is 7.02. The van der Waals surface area contributed by atoms with Crippen LogP contribution in [0.3, 0.4) is 0 Å². The number of hydrogen-bond acceptors (Lipinski definition) is 4. The molecule has 2 aliphatic rings. The summed E-state index contributed by atoms with van der Waals surface area (Å²) in [4.78, 5) is 3.94. The van der Waals surface area contributed by atoms with Crippen molar-refractivity contribution < 1.29 is 8.42 Å². The molecule has 0 amide bonds. The first kappa shape index (κ1) is 14.9. The Labute approximate surface area is 126 Å². The van der Waals surface area contributed by atoms with E-state index in [2.05, 4.69) is 15.0 Å². The van der Waals surface area contributed by atoms with E-state index in [1.165, 1.54) is 0 Å². The second kappa shape index (κ2) is 6.42. The van der Waals surface area contributed by atoms with Gasteiger partial charge in [0.05, 0.1) is 5.75 Å². The first-order valence-electron chi connectivity index (χ1n) is 7.72. The molecule has 5 nitrogen and oxygen atoms in total. The van der Waals surface area contributed by atoms with E-state index in [0.717, 1.165) is 43.8 Å². The van der Waals surface area contributed by atoms with Crippen molar-refractivity contribution in [1.82, 2.24) is 15.0 Å². The van der Waals surface area contributed by atoms with Gasteiger partial charge in [-0.05, 0) is 68.3 Å². The van der Waals surface area contributed by atoms with Gasteiger partial charge in [0.2, 0.25) is 10.0 Å². The second-order valence-corrected chi connectivity index (χ2v) is 8.10. The van der Waals surface area contributed by atoms with Crippen LogP contribution in [0.15, 0.2) is 24.5 Å². The zero-order chi connectivity index (χ0) is 14.7. The highest BCUT2D eigenvalue weighted by molar-refractivity contribution is 7.89. The fourth-order valence-electron chi connectivity index (χ4n) is 3.52. The lowest BCUT2D eigenvalue weighted by atomic mass is 9.79. The highest BCUT2D eigenvalue weighted by Gasteiger charge is 2.34. The quantitative estimate of drug-likeness (QED) is 0.849. The summed E-state index contributed by atoms with van der Waals surface area (Å²) in [7, 11) is -3.20. The Kier molecular flexibility index (Phi) is 4.57. The van der Waals surface area contributed by atoms with Gasteiger partial charge < -0.3 is 5.32 Å². The summed E-state index contributed by atoms with van der Waals surface area (Å²) in [5, 5.41) is 3.41. The largest absolute Gasteiger partial charge is 0.316 e. The number of fused-ring (bicyclic) bond motifs is 1. The third kappa shape index (κ3) is 4.02. The van der Waals surface area contributed by atoms with Crippen LogP contribution in [0.25, 0.3) is 0 Å². The van der Waals surface area contributed by atoms with Crippen molar-refractivity contribution in [2.24, 2.45) is 11.8 Å². The Hall–Kier alpha value is -0.980. The molecule has 0 spiro atoms. The van der Waals surface area contributed by atoms with Gasteiger partial charge in [-0.3, -0.25) is 4.98 Å². The molecule has 1 aromatic rings. The molecular formula is C15H23N3O2S. The number of aryl methyl sites for hydroxylation is 1. The van der Waals surface area contributed by atoms with Crippen LogP contribution in [0.4, 0.5) is 0 Å². The van der Waals surface area contributed by atoms with Crippen LogP contribution < -0.4 is 10.0 Å². The fraction of sp³-hybridized carbons (Fsp3) is 0.667. The number of aromatic nitrogens is 1. The summed E-state index contributed by atoms with van der Waals surface area (Å²) < 4.78 is 27.4. The zero-order valence-electron chi connectivity index (χ0n) is 12.2. The first-order valence-corrected chi connectivity index (χ1v) is 9.37. The minimum absolute atomic E-state index is 0.119. The molecular weight excluding hydrogens is 286 g/mol. The van der Waals surface area contributed by atoms with Gasteiger partial charge in [0, 0.05) is 18.4 Å². The molecule has 0 radical (unpaired) electrons. The van der Waals surface area contributed by atoms with Gasteiger partial charge in [-0.2, -0.15) is 0 Å². The van der Waals surface area contributed by atoms with Crippen molar-refractivity contribution in [2.75, 3.05) is 18.8 Å². The average molecular weight is 309 g/mol. The molecule has 21 heavy (non-hydrogen) atoms. The number of hydrogen-bond donors (Lipinski definition) is 2. The molecule has 116 valence electrons. The van der Waals surface area contributed by atoms with Gasteiger partial charge in [0.25, 0.3) is 0 Å². The van der Waals surface area contributed by atoms with Crippen molar-refractivity contribution >= 4 is 10.0 Å². The summed E-state index contributed by atoms with van der Waals surface area (Å²) in [6.45, 7) is 2.14. The Morgan fingerprint density at radius 1 is 1.19 bits per heavy atom. The van der Waals surface area contributed by atoms with Crippen molar-refractivity contribution in [2.45, 2.75) is 31.7 Å². The molecule has 1 saturated heterocycles. The molecule has 1 saturated carbocycles. The highest BCUT2D eigenvalue weighted by Crippen LogP contribution is 2.32. The Morgan fingerprint density at radius 2 is 1.95 bits per heavy atom. The number of nitrogens with zero attached hydrogens (tertiary/aromatic N) is 1. The Balaban J connectivity index is 1.51. The number of nitrogens with one attached hydrogen (secondary N) is 2. The molecule has 0 bridgehead atoms. The maximum atomic E-state index is 12.2. The Morgan fingerprint density at radius 3 is 2.76 bits per heavy atom. The third-order valence-corrected chi connectivity index (χ3v) is 6.14. The molecule has 6 heteroatoms. The number of rotatable bonds is 5. The molecule has 1 aliphatic carbocycles. The van der Waals surface area contributed by atoms with Crippen molar-refractivity contribution in [3.63, 3.8) is 0 Å². The van der Waals surface area contributed by atoms with Crippen molar-refractivity contribution in [3.8, 4) is 0 Å². The standard InChI is InChI=1S/C15H23N3O2S/c19-21(20,8-5-12-3-6-16-7-4-12)18-15-2-1-13-10-17-11-14(13)9-15/h3-4,6-7,13-15,17-18H,1-2,5,8-11H2/t13-,14+,15?/m0/s1. The summed E-state index contributed by atoms with van der Waals surface area (Å²) in [6, 6.07) is 3.85. The SMILES string of the molecule is O=S(=O)(CCc1ccncc1)NC1CC[C@H]2CNC[C@H]2C1. The van der Waals surface area contributed by atoms with Crippen LogP contribution >= 0.6 is 0 Å². The third-order valence-electron chi connectivity index (χ3n) is 4.71.